The summed E-state index contributed by atoms with van der Waals surface area (Å²) < 4.78 is 21.7. The van der Waals surface area contributed by atoms with Gasteiger partial charge in [-0.1, -0.05) is 130 Å². The lowest BCUT2D eigenvalue weighted by atomic mass is 9.84. The van der Waals surface area contributed by atoms with Crippen LogP contribution in [-0.2, 0) is 66.9 Å². The first-order chi connectivity index (χ1) is 41.5. The summed E-state index contributed by atoms with van der Waals surface area (Å²) in [6, 6.07) is -1.78. The highest BCUT2D eigenvalue weighted by atomic mass is 16.5. The molecule has 1 fully saturated rings. The molecule has 5 amide bonds. The molecule has 1 saturated heterocycles. The molecule has 1 unspecified atom stereocenters. The van der Waals surface area contributed by atoms with E-state index in [9.17, 15) is 53.1 Å². The Balaban J connectivity index is 2.14. The van der Waals surface area contributed by atoms with E-state index in [1.165, 1.54) is 70.6 Å². The third-order valence-corrected chi connectivity index (χ3v) is 16.0. The number of nitrogens with one attached hydrogen (secondary N) is 5. The highest BCUT2D eigenvalue weighted by molar-refractivity contribution is 5.89. The molecule has 5 atom stereocenters. The molecule has 0 aromatic rings. The van der Waals surface area contributed by atoms with E-state index in [4.69, 9.17) is 18.9 Å². The standard InChI is InChI=1S/C66H117N5O15/c1-6-8-9-10-11-12-13-14-15-16-17-18-19-20-21-30-61(76)70-57(66(81)82)35-34-56(73)29-26-42-83-44-46-85-50-64(79)68-41-43-84-45-47-86-49-63(78)67-39-24-22-27-53(7-2)59(74)37-32-55-33-38-62(77)71-58(48-51(3)4)65(80)69-40-25-23-28-54(52(5)72)31-36-60(55)75/h51,53-55,57-58H,6-50H2,1-5H3,(H,67,78)(H,68,79)(H,69,80)(H,70,76)(H,71,77)(H,81,82)/t53-,54+,55-,57?,58-/m0/s1. The molecule has 0 bridgehead atoms. The van der Waals surface area contributed by atoms with Crippen LogP contribution in [-0.4, -0.2) is 148 Å². The summed E-state index contributed by atoms with van der Waals surface area (Å²) in [6.07, 6.45) is 26.1. The van der Waals surface area contributed by atoms with Crippen LogP contribution in [0, 0.1) is 23.7 Å². The molecule has 1 aliphatic heterocycles. The van der Waals surface area contributed by atoms with Crippen LogP contribution in [0.2, 0.25) is 0 Å². The van der Waals surface area contributed by atoms with Crippen LogP contribution in [0.25, 0.3) is 0 Å². The molecule has 1 aliphatic rings. The number of amides is 5. The van der Waals surface area contributed by atoms with Gasteiger partial charge in [-0.15, -0.1) is 0 Å². The fourth-order valence-corrected chi connectivity index (χ4v) is 10.6. The average molecular weight is 1220 g/mol. The van der Waals surface area contributed by atoms with Gasteiger partial charge in [0.1, 0.15) is 48.4 Å². The molecule has 1 heterocycles. The Labute approximate surface area is 516 Å². The molecule has 496 valence electrons. The van der Waals surface area contributed by atoms with Gasteiger partial charge in [0.05, 0.1) is 33.0 Å². The second-order valence-electron chi connectivity index (χ2n) is 24.1. The number of ketones is 4. The Kier molecular flexibility index (Phi) is 49.2. The zero-order chi connectivity index (χ0) is 63.4. The molecule has 0 spiro atoms. The number of ether oxygens (including phenoxy) is 4. The number of carboxylic acid groups (broad SMARTS) is 1. The number of hydrogen-bond donors (Lipinski definition) is 6. The smallest absolute Gasteiger partial charge is 0.326 e. The Morgan fingerprint density at radius 1 is 0.593 bits per heavy atom. The highest BCUT2D eigenvalue weighted by Gasteiger charge is 2.28. The van der Waals surface area contributed by atoms with Gasteiger partial charge in [0.15, 0.2) is 0 Å². The van der Waals surface area contributed by atoms with E-state index in [2.05, 4.69) is 33.5 Å². The number of carbonyl (C=O) groups excluding carboxylic acids is 9. The largest absolute Gasteiger partial charge is 0.480 e. The van der Waals surface area contributed by atoms with Gasteiger partial charge in [-0.3, -0.25) is 43.2 Å². The zero-order valence-corrected chi connectivity index (χ0v) is 53.9. The molecule has 86 heavy (non-hydrogen) atoms. The van der Waals surface area contributed by atoms with Crippen molar-refractivity contribution in [3.63, 3.8) is 0 Å². The molecule has 1 rings (SSSR count). The SMILES string of the molecule is CCCCCCCCCCCCCCCCCC(=O)NC(CCC(=O)CCCOCCOCC(=O)NCCOCCOCC(=O)NCCCC[C@H](CC)C(=O)CC[C@H]1CCC(=O)N[C@@H](CC(C)C)C(=O)NCCCC[C@@H](C(C)=O)CCC1=O)C(=O)O. The van der Waals surface area contributed by atoms with Gasteiger partial charge in [-0.2, -0.15) is 0 Å². The molecule has 0 radical (unpaired) electrons. The monoisotopic (exact) mass is 1220 g/mol. The quantitative estimate of drug-likeness (QED) is 0.0309. The molecular formula is C66H117N5O15. The van der Waals surface area contributed by atoms with E-state index in [0.29, 0.717) is 83.9 Å². The van der Waals surface area contributed by atoms with Gasteiger partial charge in [0, 0.05) is 82.5 Å². The Bertz CT molecular complexity index is 1900. The molecule has 0 aliphatic carbocycles. The fraction of sp³-hybridized carbons (Fsp3) is 0.848. The van der Waals surface area contributed by atoms with Crippen molar-refractivity contribution >= 4 is 58.6 Å². The van der Waals surface area contributed by atoms with Crippen LogP contribution in [0.5, 0.6) is 0 Å². The topological polar surface area (TPSA) is 288 Å². The van der Waals surface area contributed by atoms with Crippen molar-refractivity contribution in [3.05, 3.63) is 0 Å². The third-order valence-electron chi connectivity index (χ3n) is 16.0. The summed E-state index contributed by atoms with van der Waals surface area (Å²) in [6.45, 7) is 11.9. The Morgan fingerprint density at radius 3 is 1.78 bits per heavy atom. The van der Waals surface area contributed by atoms with Crippen molar-refractivity contribution in [2.75, 3.05) is 72.5 Å². The first-order valence-electron chi connectivity index (χ1n) is 33.5. The van der Waals surface area contributed by atoms with Gasteiger partial charge in [-0.25, -0.2) is 4.79 Å². The number of carboxylic acids is 1. The van der Waals surface area contributed by atoms with Crippen LogP contribution < -0.4 is 26.6 Å². The lowest BCUT2D eigenvalue weighted by Gasteiger charge is -2.22. The second-order valence-corrected chi connectivity index (χ2v) is 24.1. The van der Waals surface area contributed by atoms with Crippen molar-refractivity contribution in [3.8, 4) is 0 Å². The first kappa shape index (κ1) is 79.4. The summed E-state index contributed by atoms with van der Waals surface area (Å²) in [5.74, 6) is -3.43. The van der Waals surface area contributed by atoms with E-state index < -0.39 is 24.0 Å². The van der Waals surface area contributed by atoms with E-state index >= 15 is 0 Å². The van der Waals surface area contributed by atoms with E-state index in [1.54, 1.807) is 6.92 Å². The van der Waals surface area contributed by atoms with Crippen molar-refractivity contribution in [2.45, 2.75) is 265 Å². The number of hydrogen-bond acceptors (Lipinski definition) is 14. The molecule has 0 saturated carbocycles. The number of aliphatic carboxylic acids is 1. The van der Waals surface area contributed by atoms with Gasteiger partial charge >= 0.3 is 5.97 Å². The minimum absolute atomic E-state index is 0.0328. The zero-order valence-electron chi connectivity index (χ0n) is 53.9. The van der Waals surface area contributed by atoms with Crippen LogP contribution in [0.15, 0.2) is 0 Å². The summed E-state index contributed by atoms with van der Waals surface area (Å²) >= 11 is 0. The molecule has 0 aromatic heterocycles. The maximum Gasteiger partial charge on any atom is 0.326 e. The summed E-state index contributed by atoms with van der Waals surface area (Å²) in [7, 11) is 0. The number of Topliss-reactive ketones (excluding diaryl/α,β-unsaturated/α-hetero) is 4. The van der Waals surface area contributed by atoms with Crippen LogP contribution >= 0.6 is 0 Å². The summed E-state index contributed by atoms with van der Waals surface area (Å²) in [5, 5.41) is 23.5. The summed E-state index contributed by atoms with van der Waals surface area (Å²) in [4.78, 5) is 127. The predicted octanol–water partition coefficient (Wildman–Crippen LogP) is 9.57. The second kappa shape index (κ2) is 53.4. The molecule has 20 heteroatoms. The van der Waals surface area contributed by atoms with Crippen LogP contribution in [0.1, 0.15) is 253 Å². The lowest BCUT2D eigenvalue weighted by Crippen LogP contribution is -2.47. The van der Waals surface area contributed by atoms with Gasteiger partial charge in [0.2, 0.25) is 29.5 Å². The van der Waals surface area contributed by atoms with Crippen molar-refractivity contribution in [1.82, 2.24) is 26.6 Å². The Hall–Kier alpha value is -4.66. The van der Waals surface area contributed by atoms with Crippen molar-refractivity contribution in [1.29, 1.82) is 0 Å². The minimum atomic E-state index is -1.15. The molecular weight excluding hydrogens is 1100 g/mol. The number of carbonyl (C=O) groups is 10. The molecule has 20 nitrogen and oxygen atoms in total. The van der Waals surface area contributed by atoms with E-state index in [-0.39, 0.29) is 175 Å². The maximum absolute atomic E-state index is 13.6. The van der Waals surface area contributed by atoms with E-state index in [0.717, 1.165) is 32.1 Å². The van der Waals surface area contributed by atoms with E-state index in [1.807, 2.05) is 20.8 Å². The number of rotatable bonds is 51. The van der Waals surface area contributed by atoms with Crippen LogP contribution in [0.4, 0.5) is 0 Å². The minimum Gasteiger partial charge on any atom is -0.480 e. The highest BCUT2D eigenvalue weighted by Crippen LogP contribution is 2.25. The first-order valence-corrected chi connectivity index (χ1v) is 33.5. The maximum atomic E-state index is 13.6. The van der Waals surface area contributed by atoms with Crippen molar-refractivity contribution in [2.24, 2.45) is 23.7 Å². The normalized spacial score (nSPS) is 17.1. The van der Waals surface area contributed by atoms with Crippen molar-refractivity contribution < 1.29 is 72.0 Å². The molecule has 0 aromatic carbocycles. The fourth-order valence-electron chi connectivity index (χ4n) is 10.6. The predicted molar refractivity (Wildman–Crippen MR) is 333 cm³/mol. The Morgan fingerprint density at radius 2 is 1.19 bits per heavy atom. The lowest BCUT2D eigenvalue weighted by molar-refractivity contribution is -0.142. The van der Waals surface area contributed by atoms with Gasteiger partial charge < -0.3 is 50.6 Å². The van der Waals surface area contributed by atoms with Crippen LogP contribution in [0.3, 0.4) is 0 Å². The molecule has 6 N–H and O–H groups in total. The number of unbranched alkanes of at least 4 members (excludes halogenated alkanes) is 15. The average Bonchev–Trinajstić information content (AvgIpc) is 3.68. The van der Waals surface area contributed by atoms with Gasteiger partial charge in [0.25, 0.3) is 0 Å². The third kappa shape index (κ3) is 44.7. The van der Waals surface area contributed by atoms with Gasteiger partial charge in [-0.05, 0) is 89.9 Å². The summed E-state index contributed by atoms with van der Waals surface area (Å²) in [5.41, 5.74) is 0.